The van der Waals surface area contributed by atoms with Gasteiger partial charge in [0.05, 0.1) is 24.0 Å². The van der Waals surface area contributed by atoms with Crippen LogP contribution >= 0.6 is 11.8 Å². The van der Waals surface area contributed by atoms with Crippen molar-refractivity contribution in [2.45, 2.75) is 11.7 Å². The second kappa shape index (κ2) is 9.75. The van der Waals surface area contributed by atoms with Gasteiger partial charge in [-0.2, -0.15) is 0 Å². The Morgan fingerprint density at radius 1 is 1.20 bits per heavy atom. The highest BCUT2D eigenvalue weighted by atomic mass is 32.2. The Kier molecular flexibility index (Phi) is 6.87. The second-order valence-electron chi connectivity index (χ2n) is 6.13. The summed E-state index contributed by atoms with van der Waals surface area (Å²) in [5, 5.41) is 21.7. The molecule has 0 aliphatic heterocycles. The summed E-state index contributed by atoms with van der Waals surface area (Å²) in [4.78, 5) is 23.8. The Morgan fingerprint density at radius 2 is 1.93 bits per heavy atom. The van der Waals surface area contributed by atoms with E-state index in [2.05, 4.69) is 26.8 Å². The number of ether oxygens (including phenoxy) is 1. The number of aromatic nitrogens is 3. The number of benzene rings is 2. The normalized spacial score (nSPS) is 10.4. The fraction of sp³-hybridized carbons (Fsp3) is 0.143. The molecule has 0 bridgehead atoms. The number of para-hydroxylation sites is 1. The minimum Gasteiger partial charge on any atom is -0.507 e. The van der Waals surface area contributed by atoms with Crippen molar-refractivity contribution in [2.24, 2.45) is 0 Å². The number of carbonyl (C=O) groups excluding carboxylic acids is 2. The highest BCUT2D eigenvalue weighted by molar-refractivity contribution is 7.99. The molecule has 3 rings (SSSR count). The lowest BCUT2D eigenvalue weighted by molar-refractivity contribution is -0.113. The van der Waals surface area contributed by atoms with Gasteiger partial charge in [0.1, 0.15) is 5.75 Å². The molecule has 2 N–H and O–H groups in total. The van der Waals surface area contributed by atoms with Gasteiger partial charge in [-0.15, -0.1) is 16.8 Å². The molecule has 3 aromatic rings. The number of allylic oxidation sites excluding steroid dienone is 1. The number of rotatable bonds is 8. The summed E-state index contributed by atoms with van der Waals surface area (Å²) < 4.78 is 6.43. The molecule has 0 aliphatic rings. The van der Waals surface area contributed by atoms with Crippen LogP contribution < -0.4 is 5.32 Å². The zero-order chi connectivity index (χ0) is 21.5. The molecule has 0 aliphatic carbocycles. The van der Waals surface area contributed by atoms with Crippen molar-refractivity contribution in [3.63, 3.8) is 0 Å². The number of anilines is 1. The van der Waals surface area contributed by atoms with Gasteiger partial charge in [0, 0.05) is 12.2 Å². The van der Waals surface area contributed by atoms with Crippen LogP contribution in [-0.2, 0) is 16.1 Å². The molecule has 0 radical (unpaired) electrons. The number of methoxy groups -OCH3 is 1. The van der Waals surface area contributed by atoms with Crippen molar-refractivity contribution in [3.05, 3.63) is 66.7 Å². The lowest BCUT2D eigenvalue weighted by atomic mass is 10.2. The van der Waals surface area contributed by atoms with Crippen LogP contribution in [0.15, 0.2) is 66.3 Å². The molecule has 1 aromatic heterocycles. The van der Waals surface area contributed by atoms with Crippen LogP contribution in [0, 0.1) is 0 Å². The molecular weight excluding hydrogens is 404 g/mol. The number of thioether (sulfide) groups is 1. The van der Waals surface area contributed by atoms with E-state index in [1.807, 2.05) is 0 Å². The zero-order valence-electron chi connectivity index (χ0n) is 16.2. The van der Waals surface area contributed by atoms with Crippen LogP contribution in [0.1, 0.15) is 10.4 Å². The number of amides is 1. The molecule has 0 saturated heterocycles. The van der Waals surface area contributed by atoms with Gasteiger partial charge < -0.3 is 15.2 Å². The van der Waals surface area contributed by atoms with Gasteiger partial charge in [-0.1, -0.05) is 30.0 Å². The number of aromatic hydroxyl groups is 1. The molecule has 1 amide bonds. The molecule has 0 atom stereocenters. The summed E-state index contributed by atoms with van der Waals surface area (Å²) >= 11 is 1.22. The number of phenols is 1. The molecule has 2 aromatic carbocycles. The van der Waals surface area contributed by atoms with E-state index in [0.29, 0.717) is 34.3 Å². The van der Waals surface area contributed by atoms with E-state index in [9.17, 15) is 14.7 Å². The van der Waals surface area contributed by atoms with Crippen LogP contribution in [0.4, 0.5) is 5.69 Å². The van der Waals surface area contributed by atoms with E-state index in [1.165, 1.54) is 18.9 Å². The average Bonchev–Trinajstić information content (AvgIpc) is 3.15. The summed E-state index contributed by atoms with van der Waals surface area (Å²) in [7, 11) is 1.31. The maximum absolute atomic E-state index is 12.3. The number of carbonyl (C=O) groups is 2. The molecule has 30 heavy (non-hydrogen) atoms. The Morgan fingerprint density at radius 3 is 2.60 bits per heavy atom. The minimum absolute atomic E-state index is 0.0971. The maximum Gasteiger partial charge on any atom is 0.337 e. The third-order valence-electron chi connectivity index (χ3n) is 4.10. The van der Waals surface area contributed by atoms with Gasteiger partial charge in [-0.05, 0) is 36.4 Å². The Balaban J connectivity index is 1.68. The number of nitrogens with one attached hydrogen (secondary N) is 1. The van der Waals surface area contributed by atoms with Gasteiger partial charge in [-0.25, -0.2) is 4.79 Å². The first-order valence-corrected chi connectivity index (χ1v) is 9.95. The van der Waals surface area contributed by atoms with Crippen LogP contribution in [0.3, 0.4) is 0 Å². The fourth-order valence-corrected chi connectivity index (χ4v) is 3.43. The van der Waals surface area contributed by atoms with E-state index < -0.39 is 5.97 Å². The molecule has 0 spiro atoms. The summed E-state index contributed by atoms with van der Waals surface area (Å²) in [5.74, 6) is 0.0250. The van der Waals surface area contributed by atoms with E-state index >= 15 is 0 Å². The lowest BCUT2D eigenvalue weighted by Gasteiger charge is -2.09. The first-order chi connectivity index (χ1) is 14.5. The highest BCUT2D eigenvalue weighted by Crippen LogP contribution is 2.30. The number of esters is 1. The van der Waals surface area contributed by atoms with Gasteiger partial charge in [0.25, 0.3) is 0 Å². The largest absolute Gasteiger partial charge is 0.507 e. The van der Waals surface area contributed by atoms with Crippen molar-refractivity contribution in [3.8, 4) is 17.1 Å². The molecule has 154 valence electrons. The Bertz CT molecular complexity index is 1060. The van der Waals surface area contributed by atoms with E-state index in [-0.39, 0.29) is 17.4 Å². The highest BCUT2D eigenvalue weighted by Gasteiger charge is 2.17. The predicted molar refractivity (Wildman–Crippen MR) is 114 cm³/mol. The third-order valence-corrected chi connectivity index (χ3v) is 5.06. The van der Waals surface area contributed by atoms with Gasteiger partial charge in [0.2, 0.25) is 5.91 Å². The zero-order valence-corrected chi connectivity index (χ0v) is 17.1. The first kappa shape index (κ1) is 21.1. The Hall–Kier alpha value is -3.59. The minimum atomic E-state index is -0.440. The second-order valence-corrected chi connectivity index (χ2v) is 7.07. The van der Waals surface area contributed by atoms with Crippen molar-refractivity contribution in [1.82, 2.24) is 14.8 Å². The van der Waals surface area contributed by atoms with Crippen molar-refractivity contribution in [1.29, 1.82) is 0 Å². The number of hydrogen-bond acceptors (Lipinski definition) is 7. The fourth-order valence-electron chi connectivity index (χ4n) is 2.69. The maximum atomic E-state index is 12.3. The molecule has 0 saturated carbocycles. The van der Waals surface area contributed by atoms with Crippen molar-refractivity contribution >= 4 is 29.3 Å². The Labute approximate surface area is 177 Å². The summed E-state index contributed by atoms with van der Waals surface area (Å²) in [5.41, 5.74) is 1.52. The molecule has 0 fully saturated rings. The van der Waals surface area contributed by atoms with Crippen molar-refractivity contribution in [2.75, 3.05) is 18.2 Å². The summed E-state index contributed by atoms with van der Waals surface area (Å²) in [6.07, 6.45) is 1.69. The molecule has 1 heterocycles. The van der Waals surface area contributed by atoms with Crippen molar-refractivity contribution < 1.29 is 19.4 Å². The van der Waals surface area contributed by atoms with Gasteiger partial charge in [-0.3, -0.25) is 9.36 Å². The van der Waals surface area contributed by atoms with Crippen LogP contribution in [0.2, 0.25) is 0 Å². The van der Waals surface area contributed by atoms with E-state index in [4.69, 9.17) is 0 Å². The lowest BCUT2D eigenvalue weighted by Crippen LogP contribution is -2.15. The predicted octanol–water partition coefficient (Wildman–Crippen LogP) is 3.35. The molecular formula is C21H20N4O4S. The van der Waals surface area contributed by atoms with Crippen LogP contribution in [-0.4, -0.2) is 44.6 Å². The quantitative estimate of drug-likeness (QED) is 0.324. The van der Waals surface area contributed by atoms with Crippen LogP contribution in [0.25, 0.3) is 11.4 Å². The van der Waals surface area contributed by atoms with E-state index in [0.717, 1.165) is 0 Å². The molecule has 8 nitrogen and oxygen atoms in total. The average molecular weight is 424 g/mol. The van der Waals surface area contributed by atoms with Gasteiger partial charge >= 0.3 is 5.97 Å². The monoisotopic (exact) mass is 424 g/mol. The number of phenolic OH excluding ortho intramolecular Hbond substituents is 1. The van der Waals surface area contributed by atoms with E-state index in [1.54, 1.807) is 59.2 Å². The smallest absolute Gasteiger partial charge is 0.337 e. The summed E-state index contributed by atoms with van der Waals surface area (Å²) in [6, 6.07) is 13.3. The van der Waals surface area contributed by atoms with Gasteiger partial charge in [0.15, 0.2) is 11.0 Å². The first-order valence-electron chi connectivity index (χ1n) is 8.97. The third kappa shape index (κ3) is 4.87. The summed E-state index contributed by atoms with van der Waals surface area (Å²) in [6.45, 7) is 4.18. The SMILES string of the molecule is C=CCn1c(SCC(=O)Nc2ccc(C(=O)OC)cc2)nnc1-c1ccccc1O. The topological polar surface area (TPSA) is 106 Å². The number of hydrogen-bond donors (Lipinski definition) is 2. The molecule has 9 heteroatoms. The van der Waals surface area contributed by atoms with Crippen LogP contribution in [0.5, 0.6) is 5.75 Å². The molecule has 0 unspecified atom stereocenters. The number of nitrogens with zero attached hydrogens (tertiary/aromatic N) is 3. The standard InChI is InChI=1S/C21H20N4O4S/c1-3-12-25-19(16-6-4-5-7-17(16)26)23-24-21(25)30-13-18(27)22-15-10-8-14(9-11-15)20(28)29-2/h3-11,26H,1,12-13H2,2H3,(H,22,27).